The first-order valence-electron chi connectivity index (χ1n) is 13.2. The number of benzene rings is 2. The quantitative estimate of drug-likeness (QED) is 0.316. The summed E-state index contributed by atoms with van der Waals surface area (Å²) in [5, 5.41) is 10.8. The fraction of sp³-hybridized carbons (Fsp3) is 0.379. The van der Waals surface area contributed by atoms with Crippen molar-refractivity contribution in [3.8, 4) is 0 Å². The van der Waals surface area contributed by atoms with Crippen LogP contribution in [0.25, 0.3) is 11.2 Å². The number of nitrogens with zero attached hydrogens (tertiary/aromatic N) is 5. The van der Waals surface area contributed by atoms with E-state index in [1.54, 1.807) is 16.9 Å². The summed E-state index contributed by atoms with van der Waals surface area (Å²) in [7, 11) is 0. The van der Waals surface area contributed by atoms with E-state index in [0.29, 0.717) is 42.4 Å². The number of halogens is 2. The second kappa shape index (κ2) is 9.37. The topological polar surface area (TPSA) is 88.0 Å². The Morgan fingerprint density at radius 2 is 1.97 bits per heavy atom. The van der Waals surface area contributed by atoms with Gasteiger partial charge in [0, 0.05) is 43.9 Å². The molecule has 2 N–H and O–H groups in total. The van der Waals surface area contributed by atoms with E-state index in [-0.39, 0.29) is 18.4 Å². The van der Waals surface area contributed by atoms with Crippen LogP contribution in [-0.2, 0) is 13.1 Å². The fourth-order valence-corrected chi connectivity index (χ4v) is 5.37. The molecule has 3 heterocycles. The summed E-state index contributed by atoms with van der Waals surface area (Å²) in [5.74, 6) is -2.07. The van der Waals surface area contributed by atoms with Gasteiger partial charge in [-0.2, -0.15) is 5.10 Å². The zero-order chi connectivity index (χ0) is 27.4. The number of fused-ring (bicyclic) bond motifs is 1. The predicted molar refractivity (Wildman–Crippen MR) is 146 cm³/mol. The van der Waals surface area contributed by atoms with Gasteiger partial charge in [0.2, 0.25) is 5.65 Å². The Hall–Kier alpha value is -3.92. The molecule has 1 aliphatic heterocycles. The van der Waals surface area contributed by atoms with Crippen LogP contribution < -0.4 is 10.6 Å². The van der Waals surface area contributed by atoms with Gasteiger partial charge in [0.1, 0.15) is 11.3 Å². The third kappa shape index (κ3) is 4.85. The maximum absolute atomic E-state index is 13.5. The lowest BCUT2D eigenvalue weighted by Crippen LogP contribution is -2.50. The van der Waals surface area contributed by atoms with Crippen LogP contribution in [0, 0.1) is 12.3 Å². The molecule has 202 valence electrons. The highest BCUT2D eigenvalue weighted by atomic mass is 19.3. The van der Waals surface area contributed by atoms with Gasteiger partial charge in [-0.3, -0.25) is 14.4 Å². The van der Waals surface area contributed by atoms with E-state index in [0.717, 1.165) is 28.8 Å². The standard InChI is InChI=1S/C29H31F2N7O/c1-4-38-14-24-26(36-38)35-25(12-32-24)33-19(3)20-6-5-7-23(11-20)34-27(39)21-8-9-22(18(2)10-21)13-37-16-28(17-37)15-29(28,30)31/h5-12,14,19H,4,13,15-17H2,1-3H3,(H,34,39)(H,33,35,36)/t19-/m0/s1. The summed E-state index contributed by atoms with van der Waals surface area (Å²) in [6.07, 6.45) is 3.58. The molecular weight excluding hydrogens is 500 g/mol. The summed E-state index contributed by atoms with van der Waals surface area (Å²) >= 11 is 0. The van der Waals surface area contributed by atoms with Crippen molar-refractivity contribution >= 4 is 28.6 Å². The fourth-order valence-electron chi connectivity index (χ4n) is 5.37. The van der Waals surface area contributed by atoms with E-state index in [4.69, 9.17) is 0 Å². The van der Waals surface area contributed by atoms with Crippen LogP contribution in [0.3, 0.4) is 0 Å². The lowest BCUT2D eigenvalue weighted by atomic mass is 9.94. The highest BCUT2D eigenvalue weighted by Crippen LogP contribution is 2.65. The minimum absolute atomic E-state index is 0.0136. The normalized spacial score (nSPS) is 18.1. The molecule has 0 radical (unpaired) electrons. The highest BCUT2D eigenvalue weighted by Gasteiger charge is 2.75. The second-order valence-electron chi connectivity index (χ2n) is 10.8. The van der Waals surface area contributed by atoms with Crippen molar-refractivity contribution in [2.24, 2.45) is 5.41 Å². The molecule has 0 bridgehead atoms. The van der Waals surface area contributed by atoms with Crippen LogP contribution in [0.4, 0.5) is 20.3 Å². The van der Waals surface area contributed by atoms with Crippen molar-refractivity contribution in [3.63, 3.8) is 0 Å². The summed E-state index contributed by atoms with van der Waals surface area (Å²) in [6, 6.07) is 13.2. The van der Waals surface area contributed by atoms with Crippen LogP contribution in [0.2, 0.25) is 0 Å². The zero-order valence-corrected chi connectivity index (χ0v) is 22.2. The smallest absolute Gasteiger partial charge is 0.257 e. The van der Waals surface area contributed by atoms with Gasteiger partial charge in [-0.1, -0.05) is 18.2 Å². The van der Waals surface area contributed by atoms with E-state index < -0.39 is 11.3 Å². The molecule has 2 aliphatic rings. The second-order valence-corrected chi connectivity index (χ2v) is 10.8. The lowest BCUT2D eigenvalue weighted by Gasteiger charge is -2.40. The molecule has 2 fully saturated rings. The summed E-state index contributed by atoms with van der Waals surface area (Å²) in [4.78, 5) is 24.1. The number of hydrogen-bond donors (Lipinski definition) is 2. The maximum atomic E-state index is 13.5. The number of aryl methyl sites for hydroxylation is 2. The Labute approximate surface area is 225 Å². The number of alkyl halides is 2. The summed E-state index contributed by atoms with van der Waals surface area (Å²) in [6.45, 7) is 8.24. The molecule has 2 aromatic carbocycles. The van der Waals surface area contributed by atoms with Crippen molar-refractivity contribution in [2.75, 3.05) is 23.7 Å². The van der Waals surface area contributed by atoms with Crippen LogP contribution in [0.15, 0.2) is 54.9 Å². The number of nitrogens with one attached hydrogen (secondary N) is 2. The van der Waals surface area contributed by atoms with E-state index >= 15 is 0 Å². The monoisotopic (exact) mass is 531 g/mol. The van der Waals surface area contributed by atoms with Gasteiger partial charge in [0.25, 0.3) is 11.8 Å². The number of carbonyl (C=O) groups excluding carboxylic acids is 1. The third-order valence-corrected chi connectivity index (χ3v) is 7.87. The maximum Gasteiger partial charge on any atom is 0.257 e. The Bertz CT molecular complexity index is 1560. The molecule has 1 saturated carbocycles. The molecule has 10 heteroatoms. The van der Waals surface area contributed by atoms with Crippen molar-refractivity contribution in [3.05, 3.63) is 77.1 Å². The number of hydrogen-bond acceptors (Lipinski definition) is 6. The third-order valence-electron chi connectivity index (χ3n) is 7.87. The average molecular weight is 532 g/mol. The van der Waals surface area contributed by atoms with Crippen molar-refractivity contribution < 1.29 is 13.6 Å². The molecule has 1 spiro atoms. The van der Waals surface area contributed by atoms with Crippen molar-refractivity contribution in [2.45, 2.75) is 52.2 Å². The lowest BCUT2D eigenvalue weighted by molar-refractivity contribution is -0.0279. The van der Waals surface area contributed by atoms with Gasteiger partial charge in [-0.05, 0) is 61.7 Å². The number of rotatable bonds is 8. The summed E-state index contributed by atoms with van der Waals surface area (Å²) < 4.78 is 28.8. The summed E-state index contributed by atoms with van der Waals surface area (Å²) in [5.41, 5.74) is 4.81. The molecule has 39 heavy (non-hydrogen) atoms. The Balaban J connectivity index is 1.08. The van der Waals surface area contributed by atoms with Crippen molar-refractivity contribution in [1.29, 1.82) is 0 Å². The minimum atomic E-state index is -2.49. The molecule has 1 aliphatic carbocycles. The van der Waals surface area contributed by atoms with Gasteiger partial charge in [0.05, 0.1) is 23.9 Å². The predicted octanol–water partition coefficient (Wildman–Crippen LogP) is 5.42. The number of anilines is 2. The van der Waals surface area contributed by atoms with Crippen LogP contribution in [-0.4, -0.2) is 49.6 Å². The number of likely N-dealkylation sites (tertiary alicyclic amines) is 1. The first-order chi connectivity index (χ1) is 18.6. The molecule has 0 unspecified atom stereocenters. The van der Waals surface area contributed by atoms with Crippen molar-refractivity contribution in [1.82, 2.24) is 24.6 Å². The Kier molecular flexibility index (Phi) is 6.10. The first-order valence-corrected chi connectivity index (χ1v) is 13.2. The molecule has 2 aromatic heterocycles. The first kappa shape index (κ1) is 25.4. The van der Waals surface area contributed by atoms with Gasteiger partial charge >= 0.3 is 0 Å². The molecule has 1 saturated heterocycles. The van der Waals surface area contributed by atoms with Gasteiger partial charge in [-0.25, -0.2) is 18.7 Å². The van der Waals surface area contributed by atoms with E-state index in [1.165, 1.54) is 0 Å². The van der Waals surface area contributed by atoms with E-state index in [2.05, 4.69) is 25.7 Å². The van der Waals surface area contributed by atoms with Gasteiger partial charge in [-0.15, -0.1) is 0 Å². The number of aromatic nitrogens is 4. The molecule has 6 rings (SSSR count). The van der Waals surface area contributed by atoms with Crippen LogP contribution in [0.1, 0.15) is 53.4 Å². The number of carbonyl (C=O) groups is 1. The van der Waals surface area contributed by atoms with E-state index in [1.807, 2.05) is 68.3 Å². The SMILES string of the molecule is CCn1cc2ncc(N[C@@H](C)c3cccc(NC(=O)c4ccc(CN5CC6(C5)CC6(F)F)c(C)c4)c3)nc2n1. The highest BCUT2D eigenvalue weighted by molar-refractivity contribution is 6.04. The van der Waals surface area contributed by atoms with Gasteiger partial charge in [0.15, 0.2) is 0 Å². The van der Waals surface area contributed by atoms with Gasteiger partial charge < -0.3 is 10.6 Å². The Morgan fingerprint density at radius 1 is 1.18 bits per heavy atom. The molecular formula is C29H31F2N7O. The molecule has 1 atom stereocenters. The molecule has 8 nitrogen and oxygen atoms in total. The molecule has 1 amide bonds. The minimum Gasteiger partial charge on any atom is -0.362 e. The zero-order valence-electron chi connectivity index (χ0n) is 22.2. The molecule has 4 aromatic rings. The Morgan fingerprint density at radius 3 is 2.69 bits per heavy atom. The number of amides is 1. The van der Waals surface area contributed by atoms with E-state index in [9.17, 15) is 13.6 Å². The van der Waals surface area contributed by atoms with Crippen LogP contribution in [0.5, 0.6) is 0 Å². The largest absolute Gasteiger partial charge is 0.362 e. The average Bonchev–Trinajstić information content (AvgIpc) is 3.25. The van der Waals surface area contributed by atoms with Crippen LogP contribution >= 0.6 is 0 Å².